The molecule has 2 rings (SSSR count). The van der Waals surface area contributed by atoms with Crippen LogP contribution in [0, 0.1) is 24.4 Å². The van der Waals surface area contributed by atoms with Crippen LogP contribution in [0.25, 0.3) is 11.1 Å². The van der Waals surface area contributed by atoms with Crippen LogP contribution < -0.4 is 5.73 Å². The monoisotopic (exact) mass is 237 g/mol. The van der Waals surface area contributed by atoms with Crippen molar-refractivity contribution in [3.05, 3.63) is 53.3 Å². The Hall–Kier alpha value is -1.97. The van der Waals surface area contributed by atoms with Gasteiger partial charge in [-0.25, -0.2) is 13.2 Å². The molecule has 0 saturated heterocycles. The Labute approximate surface area is 96.7 Å². The normalized spacial score (nSPS) is 10.6. The van der Waals surface area contributed by atoms with E-state index in [1.165, 1.54) is 12.1 Å². The van der Waals surface area contributed by atoms with Gasteiger partial charge >= 0.3 is 0 Å². The smallest absolute Gasteiger partial charge is 0.131 e. The number of benzene rings is 2. The molecule has 2 N–H and O–H groups in total. The van der Waals surface area contributed by atoms with E-state index in [-0.39, 0.29) is 11.1 Å². The topological polar surface area (TPSA) is 26.0 Å². The summed E-state index contributed by atoms with van der Waals surface area (Å²) in [5.41, 5.74) is 6.84. The van der Waals surface area contributed by atoms with Crippen molar-refractivity contribution in [2.75, 3.05) is 5.73 Å². The second-order valence-electron chi connectivity index (χ2n) is 3.85. The SMILES string of the molecule is Cc1cc(F)c(-c2cc(F)cc(F)c2)cc1N. The number of aryl methyl sites for hydroxylation is 1. The van der Waals surface area contributed by atoms with Crippen molar-refractivity contribution in [2.45, 2.75) is 6.92 Å². The summed E-state index contributed by atoms with van der Waals surface area (Å²) in [4.78, 5) is 0. The van der Waals surface area contributed by atoms with Gasteiger partial charge in [-0.05, 0) is 42.3 Å². The van der Waals surface area contributed by atoms with Gasteiger partial charge < -0.3 is 5.73 Å². The maximum absolute atomic E-state index is 13.7. The first-order valence-corrected chi connectivity index (χ1v) is 4.99. The average molecular weight is 237 g/mol. The van der Waals surface area contributed by atoms with E-state index in [1.807, 2.05) is 0 Å². The summed E-state index contributed by atoms with van der Waals surface area (Å²) in [6, 6.07) is 5.48. The van der Waals surface area contributed by atoms with Gasteiger partial charge in [0, 0.05) is 17.3 Å². The second-order valence-corrected chi connectivity index (χ2v) is 3.85. The molecule has 0 aliphatic rings. The summed E-state index contributed by atoms with van der Waals surface area (Å²) in [6.07, 6.45) is 0. The van der Waals surface area contributed by atoms with Crippen LogP contribution in [-0.4, -0.2) is 0 Å². The van der Waals surface area contributed by atoms with Crippen LogP contribution in [0.15, 0.2) is 30.3 Å². The number of nitrogen functional groups attached to an aromatic ring is 1. The molecular formula is C13H10F3N. The van der Waals surface area contributed by atoms with Gasteiger partial charge in [0.05, 0.1) is 0 Å². The minimum Gasteiger partial charge on any atom is -0.398 e. The standard InChI is InChI=1S/C13H10F3N/c1-7-2-12(16)11(6-13(7)17)8-3-9(14)5-10(15)4-8/h2-6H,17H2,1H3. The molecule has 2 aromatic carbocycles. The quantitative estimate of drug-likeness (QED) is 0.752. The van der Waals surface area contributed by atoms with E-state index in [4.69, 9.17) is 5.73 Å². The molecule has 0 unspecified atom stereocenters. The number of anilines is 1. The average Bonchev–Trinajstić information content (AvgIpc) is 2.22. The van der Waals surface area contributed by atoms with Gasteiger partial charge in [-0.2, -0.15) is 0 Å². The van der Waals surface area contributed by atoms with Crippen molar-refractivity contribution in [1.82, 2.24) is 0 Å². The van der Waals surface area contributed by atoms with E-state index in [1.54, 1.807) is 6.92 Å². The molecule has 0 bridgehead atoms. The highest BCUT2D eigenvalue weighted by molar-refractivity contribution is 5.69. The molecule has 0 fully saturated rings. The second kappa shape index (κ2) is 4.13. The van der Waals surface area contributed by atoms with E-state index in [0.717, 1.165) is 18.2 Å². The fraction of sp³-hybridized carbons (Fsp3) is 0.0769. The molecule has 0 atom stereocenters. The van der Waals surface area contributed by atoms with Crippen molar-refractivity contribution in [3.63, 3.8) is 0 Å². The predicted octanol–water partition coefficient (Wildman–Crippen LogP) is 3.66. The lowest BCUT2D eigenvalue weighted by molar-refractivity contribution is 0.583. The molecule has 0 aromatic heterocycles. The Morgan fingerprint density at radius 2 is 1.47 bits per heavy atom. The van der Waals surface area contributed by atoms with Crippen LogP contribution >= 0.6 is 0 Å². The highest BCUT2D eigenvalue weighted by atomic mass is 19.1. The molecule has 0 saturated carbocycles. The first-order chi connectivity index (χ1) is 7.97. The lowest BCUT2D eigenvalue weighted by atomic mass is 10.0. The number of halogens is 3. The maximum Gasteiger partial charge on any atom is 0.131 e. The van der Waals surface area contributed by atoms with Crippen LogP contribution in [0.2, 0.25) is 0 Å². The van der Waals surface area contributed by atoms with Crippen LogP contribution in [-0.2, 0) is 0 Å². The van der Waals surface area contributed by atoms with Gasteiger partial charge in [0.25, 0.3) is 0 Å². The lowest BCUT2D eigenvalue weighted by Gasteiger charge is -2.07. The molecule has 0 heterocycles. The summed E-state index contributed by atoms with van der Waals surface area (Å²) in [7, 11) is 0. The minimum atomic E-state index is -0.751. The van der Waals surface area contributed by atoms with Gasteiger partial charge in [-0.15, -0.1) is 0 Å². The molecule has 0 spiro atoms. The summed E-state index contributed by atoms with van der Waals surface area (Å²) in [5.74, 6) is -2.06. The Morgan fingerprint density at radius 1 is 0.882 bits per heavy atom. The van der Waals surface area contributed by atoms with Gasteiger partial charge in [-0.3, -0.25) is 0 Å². The van der Waals surface area contributed by atoms with Crippen LogP contribution in [0.5, 0.6) is 0 Å². The number of nitrogens with two attached hydrogens (primary N) is 1. The Kier molecular flexibility index (Phi) is 2.79. The van der Waals surface area contributed by atoms with E-state index >= 15 is 0 Å². The molecule has 17 heavy (non-hydrogen) atoms. The maximum atomic E-state index is 13.7. The number of rotatable bonds is 1. The third kappa shape index (κ3) is 2.25. The molecule has 0 amide bonds. The van der Waals surface area contributed by atoms with Crippen LogP contribution in [0.1, 0.15) is 5.56 Å². The highest BCUT2D eigenvalue weighted by Gasteiger charge is 2.10. The van der Waals surface area contributed by atoms with Gasteiger partial charge in [0.15, 0.2) is 0 Å². The van der Waals surface area contributed by atoms with Crippen molar-refractivity contribution in [2.24, 2.45) is 0 Å². The Morgan fingerprint density at radius 3 is 2.06 bits per heavy atom. The first-order valence-electron chi connectivity index (χ1n) is 4.99. The van der Waals surface area contributed by atoms with E-state index in [0.29, 0.717) is 11.3 Å². The molecule has 0 radical (unpaired) electrons. The number of hydrogen-bond donors (Lipinski definition) is 1. The molecule has 4 heteroatoms. The van der Waals surface area contributed by atoms with Gasteiger partial charge in [0.1, 0.15) is 17.5 Å². The zero-order chi connectivity index (χ0) is 12.6. The minimum absolute atomic E-state index is 0.0894. The summed E-state index contributed by atoms with van der Waals surface area (Å²) >= 11 is 0. The van der Waals surface area contributed by atoms with E-state index in [9.17, 15) is 13.2 Å². The van der Waals surface area contributed by atoms with Crippen molar-refractivity contribution >= 4 is 5.69 Å². The largest absolute Gasteiger partial charge is 0.398 e. The predicted molar refractivity (Wildman–Crippen MR) is 60.9 cm³/mol. The van der Waals surface area contributed by atoms with Crippen molar-refractivity contribution in [1.29, 1.82) is 0 Å². The summed E-state index contributed by atoms with van der Waals surface area (Å²) < 4.78 is 39.7. The molecule has 0 aliphatic heterocycles. The molecule has 1 nitrogen and oxygen atoms in total. The lowest BCUT2D eigenvalue weighted by Crippen LogP contribution is -1.94. The third-order valence-corrected chi connectivity index (χ3v) is 2.53. The Bertz CT molecular complexity index is 559. The zero-order valence-corrected chi connectivity index (χ0v) is 9.10. The van der Waals surface area contributed by atoms with Gasteiger partial charge in [0.2, 0.25) is 0 Å². The zero-order valence-electron chi connectivity index (χ0n) is 9.10. The van der Waals surface area contributed by atoms with Crippen molar-refractivity contribution < 1.29 is 13.2 Å². The van der Waals surface area contributed by atoms with E-state index in [2.05, 4.69) is 0 Å². The van der Waals surface area contributed by atoms with E-state index < -0.39 is 17.5 Å². The Balaban J connectivity index is 2.64. The fourth-order valence-corrected chi connectivity index (χ4v) is 1.62. The third-order valence-electron chi connectivity index (χ3n) is 2.53. The molecule has 2 aromatic rings. The molecular weight excluding hydrogens is 227 g/mol. The molecule has 88 valence electrons. The fourth-order valence-electron chi connectivity index (χ4n) is 1.62. The highest BCUT2D eigenvalue weighted by Crippen LogP contribution is 2.28. The summed E-state index contributed by atoms with van der Waals surface area (Å²) in [5, 5.41) is 0. The van der Waals surface area contributed by atoms with Crippen molar-refractivity contribution in [3.8, 4) is 11.1 Å². The van der Waals surface area contributed by atoms with Crippen LogP contribution in [0.4, 0.5) is 18.9 Å². The van der Waals surface area contributed by atoms with Crippen LogP contribution in [0.3, 0.4) is 0 Å². The summed E-state index contributed by atoms with van der Waals surface area (Å²) in [6.45, 7) is 1.66. The number of hydrogen-bond acceptors (Lipinski definition) is 1. The van der Waals surface area contributed by atoms with Gasteiger partial charge in [-0.1, -0.05) is 0 Å². The molecule has 0 aliphatic carbocycles. The first kappa shape index (κ1) is 11.5.